The zero-order valence-electron chi connectivity index (χ0n) is 8.07. The smallest absolute Gasteiger partial charge is 0.182 e. The van der Waals surface area contributed by atoms with Crippen LogP contribution >= 0.6 is 12.2 Å². The number of phenolic OH excluding ortho intramolecular Hbond substituents is 1. The van der Waals surface area contributed by atoms with Gasteiger partial charge in [-0.3, -0.25) is 5.43 Å². The van der Waals surface area contributed by atoms with Gasteiger partial charge in [-0.05, 0) is 29.9 Å². The van der Waals surface area contributed by atoms with E-state index in [0.29, 0.717) is 10.9 Å². The van der Waals surface area contributed by atoms with Gasteiger partial charge in [0.15, 0.2) is 16.6 Å². The lowest BCUT2D eigenvalue weighted by Crippen LogP contribution is -2.26. The Morgan fingerprint density at radius 3 is 2.80 bits per heavy atom. The van der Waals surface area contributed by atoms with E-state index in [1.165, 1.54) is 7.11 Å². The van der Waals surface area contributed by atoms with E-state index in [1.807, 2.05) is 6.07 Å². The first-order chi connectivity index (χ1) is 7.20. The number of thiocarbonyl (C=S) groups is 1. The lowest BCUT2D eigenvalue weighted by Gasteiger charge is -2.11. The van der Waals surface area contributed by atoms with Crippen LogP contribution in [0, 0.1) is 0 Å². The molecule has 15 heavy (non-hydrogen) atoms. The van der Waals surface area contributed by atoms with Crippen molar-refractivity contribution in [2.75, 3.05) is 7.11 Å². The lowest BCUT2D eigenvalue weighted by molar-refractivity contribution is 0.372. The van der Waals surface area contributed by atoms with Crippen LogP contribution in [0.2, 0.25) is 0 Å². The van der Waals surface area contributed by atoms with E-state index in [2.05, 4.69) is 16.2 Å². The van der Waals surface area contributed by atoms with Crippen LogP contribution in [-0.2, 0) is 0 Å². The molecule has 6 heteroatoms. The van der Waals surface area contributed by atoms with Crippen molar-refractivity contribution in [3.05, 3.63) is 23.8 Å². The van der Waals surface area contributed by atoms with E-state index in [1.54, 1.807) is 12.1 Å². The number of hydrogen-bond donors (Lipinski definition) is 4. The number of rotatable bonds is 2. The van der Waals surface area contributed by atoms with E-state index < -0.39 is 0 Å². The molecule has 4 N–H and O–H groups in total. The molecule has 0 spiro atoms. The zero-order chi connectivity index (χ0) is 10.8. The molecule has 80 valence electrons. The van der Waals surface area contributed by atoms with Crippen LogP contribution in [0.4, 0.5) is 0 Å². The number of phenols is 1. The van der Waals surface area contributed by atoms with Crippen LogP contribution in [0.3, 0.4) is 0 Å². The van der Waals surface area contributed by atoms with Gasteiger partial charge < -0.3 is 15.2 Å². The number of benzene rings is 1. The van der Waals surface area contributed by atoms with E-state index >= 15 is 0 Å². The Morgan fingerprint density at radius 2 is 2.27 bits per heavy atom. The molecule has 5 nitrogen and oxygen atoms in total. The van der Waals surface area contributed by atoms with Crippen LogP contribution in [0.5, 0.6) is 11.5 Å². The van der Waals surface area contributed by atoms with Gasteiger partial charge >= 0.3 is 0 Å². The Bertz CT molecular complexity index is 397. The summed E-state index contributed by atoms with van der Waals surface area (Å²) in [6.07, 6.45) is -0.130. The summed E-state index contributed by atoms with van der Waals surface area (Å²) in [4.78, 5) is 0. The molecule has 0 amide bonds. The van der Waals surface area contributed by atoms with Crippen LogP contribution in [-0.4, -0.2) is 17.3 Å². The normalized spacial score (nSPS) is 19.5. The zero-order valence-corrected chi connectivity index (χ0v) is 8.89. The predicted octanol–water partition coefficient (Wildman–Crippen LogP) is 0.382. The van der Waals surface area contributed by atoms with Gasteiger partial charge in [0.2, 0.25) is 0 Å². The molecule has 1 fully saturated rings. The average Bonchev–Trinajstić information content (AvgIpc) is 2.65. The summed E-state index contributed by atoms with van der Waals surface area (Å²) < 4.78 is 4.95. The third-order valence-electron chi connectivity index (χ3n) is 2.14. The first kappa shape index (κ1) is 10.0. The fraction of sp³-hybridized carbons (Fsp3) is 0.222. The summed E-state index contributed by atoms with van der Waals surface area (Å²) in [5, 5.41) is 13.1. The summed E-state index contributed by atoms with van der Waals surface area (Å²) >= 11 is 4.91. The quantitative estimate of drug-likeness (QED) is 0.546. The molecule has 0 saturated carbocycles. The van der Waals surface area contributed by atoms with Crippen molar-refractivity contribution >= 4 is 17.3 Å². The second-order valence-corrected chi connectivity index (χ2v) is 3.52. The summed E-state index contributed by atoms with van der Waals surface area (Å²) in [7, 11) is 1.51. The fourth-order valence-electron chi connectivity index (χ4n) is 1.39. The monoisotopic (exact) mass is 225 g/mol. The third kappa shape index (κ3) is 1.95. The Morgan fingerprint density at radius 1 is 1.47 bits per heavy atom. The number of hydrogen-bond acceptors (Lipinski definition) is 4. The van der Waals surface area contributed by atoms with E-state index in [-0.39, 0.29) is 11.9 Å². The lowest BCUT2D eigenvalue weighted by atomic mass is 10.1. The fourth-order valence-corrected chi connectivity index (χ4v) is 1.57. The molecule has 1 atom stereocenters. The molecule has 1 aromatic carbocycles. The van der Waals surface area contributed by atoms with Crippen molar-refractivity contribution in [3.8, 4) is 11.5 Å². The molecule has 1 aliphatic heterocycles. The van der Waals surface area contributed by atoms with Crippen LogP contribution in [0.25, 0.3) is 0 Å². The highest BCUT2D eigenvalue weighted by Crippen LogP contribution is 2.28. The predicted molar refractivity (Wildman–Crippen MR) is 59.4 cm³/mol. The minimum absolute atomic E-state index is 0.108. The number of ether oxygens (including phenoxy) is 1. The van der Waals surface area contributed by atoms with Crippen LogP contribution in [0.1, 0.15) is 11.7 Å². The summed E-state index contributed by atoms with van der Waals surface area (Å²) in [5.74, 6) is 0.559. The second-order valence-electron chi connectivity index (χ2n) is 3.11. The second kappa shape index (κ2) is 3.92. The number of methoxy groups -OCH3 is 1. The molecule has 0 aromatic heterocycles. The van der Waals surface area contributed by atoms with Crippen LogP contribution in [0.15, 0.2) is 18.2 Å². The Balaban J connectivity index is 2.22. The molecule has 0 aliphatic carbocycles. The molecule has 1 aliphatic rings. The maximum absolute atomic E-state index is 9.58. The molecular weight excluding hydrogens is 214 g/mol. The van der Waals surface area contributed by atoms with Gasteiger partial charge in [0.1, 0.15) is 6.17 Å². The minimum Gasteiger partial charge on any atom is -0.504 e. The number of aromatic hydroxyl groups is 1. The van der Waals surface area contributed by atoms with Crippen molar-refractivity contribution < 1.29 is 9.84 Å². The molecule has 1 heterocycles. The Kier molecular flexibility index (Phi) is 2.61. The van der Waals surface area contributed by atoms with Gasteiger partial charge in [-0.15, -0.1) is 0 Å². The van der Waals surface area contributed by atoms with Gasteiger partial charge in [-0.2, -0.15) is 0 Å². The summed E-state index contributed by atoms with van der Waals surface area (Å²) in [6.45, 7) is 0. The summed E-state index contributed by atoms with van der Waals surface area (Å²) in [5.41, 5.74) is 6.58. The van der Waals surface area contributed by atoms with Gasteiger partial charge in [0, 0.05) is 0 Å². The highest BCUT2D eigenvalue weighted by molar-refractivity contribution is 7.80. The van der Waals surface area contributed by atoms with E-state index in [4.69, 9.17) is 17.0 Å². The van der Waals surface area contributed by atoms with E-state index in [0.717, 1.165) is 5.56 Å². The molecule has 1 saturated heterocycles. The largest absolute Gasteiger partial charge is 0.504 e. The first-order valence-electron chi connectivity index (χ1n) is 4.39. The summed E-state index contributed by atoms with van der Waals surface area (Å²) in [6, 6.07) is 5.17. The third-order valence-corrected chi connectivity index (χ3v) is 2.36. The van der Waals surface area contributed by atoms with Gasteiger partial charge in [0.25, 0.3) is 0 Å². The Hall–Kier alpha value is -1.53. The highest BCUT2D eigenvalue weighted by atomic mass is 32.1. The Labute approximate surface area is 92.4 Å². The van der Waals surface area contributed by atoms with Crippen molar-refractivity contribution in [1.82, 2.24) is 16.2 Å². The maximum Gasteiger partial charge on any atom is 0.182 e. The number of nitrogens with one attached hydrogen (secondary N) is 3. The van der Waals surface area contributed by atoms with Crippen molar-refractivity contribution in [1.29, 1.82) is 0 Å². The molecule has 1 unspecified atom stereocenters. The van der Waals surface area contributed by atoms with E-state index in [9.17, 15) is 5.11 Å². The van der Waals surface area contributed by atoms with Crippen molar-refractivity contribution in [3.63, 3.8) is 0 Å². The van der Waals surface area contributed by atoms with Gasteiger partial charge in [0.05, 0.1) is 7.11 Å². The topological polar surface area (TPSA) is 65.5 Å². The van der Waals surface area contributed by atoms with Crippen LogP contribution < -0.4 is 20.9 Å². The van der Waals surface area contributed by atoms with Crippen molar-refractivity contribution in [2.24, 2.45) is 0 Å². The molecule has 0 radical (unpaired) electrons. The minimum atomic E-state index is -0.130. The molecule has 2 rings (SSSR count). The molecular formula is C9H11N3O2S. The highest BCUT2D eigenvalue weighted by Gasteiger charge is 2.19. The SMILES string of the molecule is COc1ccc(C2NNC(=S)N2)cc1O. The molecule has 1 aromatic rings. The average molecular weight is 225 g/mol. The standard InChI is InChI=1S/C9H11N3O2S/c1-14-7-3-2-5(4-6(7)13)8-10-9(15)12-11-8/h2-4,8,11,13H,1H3,(H2,10,12,15). The number of hydrazine groups is 1. The van der Waals surface area contributed by atoms with Crippen molar-refractivity contribution in [2.45, 2.75) is 6.17 Å². The van der Waals surface area contributed by atoms with Gasteiger partial charge in [-0.25, -0.2) is 5.43 Å². The first-order valence-corrected chi connectivity index (χ1v) is 4.80. The molecule has 0 bridgehead atoms. The van der Waals surface area contributed by atoms with Gasteiger partial charge in [-0.1, -0.05) is 6.07 Å². The maximum atomic E-state index is 9.58.